The van der Waals surface area contributed by atoms with Crippen LogP contribution in [0.1, 0.15) is 39.3 Å². The zero-order valence-electron chi connectivity index (χ0n) is 18.0. The van der Waals surface area contributed by atoms with Gasteiger partial charge >= 0.3 is 10.3 Å². The number of nitrogen functional groups attached to an aromatic ring is 1. The van der Waals surface area contributed by atoms with Crippen LogP contribution < -0.4 is 10.9 Å². The van der Waals surface area contributed by atoms with Gasteiger partial charge in [-0.15, -0.1) is 0 Å². The molecule has 2 aromatic heterocycles. The van der Waals surface area contributed by atoms with Gasteiger partial charge in [0, 0.05) is 5.25 Å². The topological polar surface area (TPSA) is 187 Å². The normalized spacial score (nSPS) is 33.7. The lowest BCUT2D eigenvalue weighted by Gasteiger charge is -2.24. The van der Waals surface area contributed by atoms with Crippen molar-refractivity contribution in [2.45, 2.75) is 79.8 Å². The molecule has 0 aromatic carbocycles. The van der Waals surface area contributed by atoms with Crippen molar-refractivity contribution >= 4 is 38.9 Å². The van der Waals surface area contributed by atoms with Crippen LogP contribution in [0.15, 0.2) is 11.4 Å². The minimum Gasteiger partial charge on any atom is -0.392 e. The molecule has 0 radical (unpaired) electrons. The van der Waals surface area contributed by atoms with E-state index in [1.54, 1.807) is 18.5 Å². The van der Waals surface area contributed by atoms with Gasteiger partial charge in [-0.25, -0.2) is 19.8 Å². The summed E-state index contributed by atoms with van der Waals surface area (Å²) in [5.74, 6) is -0.673. The molecule has 6 atom stereocenters. The average molecular weight is 503 g/mol. The second-order valence-electron chi connectivity index (χ2n) is 8.77. The van der Waals surface area contributed by atoms with Gasteiger partial charge in [0.1, 0.15) is 35.5 Å². The molecule has 15 heteroatoms. The first kappa shape index (κ1) is 23.2. The molecule has 2 aliphatic heterocycles. The van der Waals surface area contributed by atoms with Crippen molar-refractivity contribution in [3.05, 3.63) is 6.33 Å². The molecule has 3 aliphatic rings. The Bertz CT molecular complexity index is 1160. The van der Waals surface area contributed by atoms with E-state index in [1.807, 2.05) is 0 Å². The maximum Gasteiger partial charge on any atom is 0.333 e. The van der Waals surface area contributed by atoms with E-state index in [1.165, 1.54) is 18.1 Å². The maximum absolute atomic E-state index is 11.3. The summed E-state index contributed by atoms with van der Waals surface area (Å²) in [6.45, 7) is 3.16. The van der Waals surface area contributed by atoms with Crippen molar-refractivity contribution in [2.75, 3.05) is 12.3 Å². The van der Waals surface area contributed by atoms with Gasteiger partial charge < -0.3 is 25.1 Å². The number of nitrogens with two attached hydrogens (primary N) is 2. The minimum atomic E-state index is -4.17. The lowest BCUT2D eigenvalue weighted by Crippen LogP contribution is -2.34. The number of aromatic nitrogens is 4. The Kier molecular flexibility index (Phi) is 5.80. The highest BCUT2D eigenvalue weighted by molar-refractivity contribution is 8.00. The molecule has 0 bridgehead atoms. The van der Waals surface area contributed by atoms with E-state index in [2.05, 4.69) is 9.97 Å². The van der Waals surface area contributed by atoms with Crippen LogP contribution in [-0.2, 0) is 28.7 Å². The van der Waals surface area contributed by atoms with Gasteiger partial charge in [-0.1, -0.05) is 11.8 Å². The molecule has 2 aromatic rings. The summed E-state index contributed by atoms with van der Waals surface area (Å²) >= 11 is 1.43. The van der Waals surface area contributed by atoms with Crippen LogP contribution in [0.4, 0.5) is 5.82 Å². The molecular weight excluding hydrogens is 476 g/mol. The van der Waals surface area contributed by atoms with Gasteiger partial charge in [0.15, 0.2) is 17.7 Å². The fourth-order valence-electron chi connectivity index (χ4n) is 4.56. The number of anilines is 1. The summed E-state index contributed by atoms with van der Waals surface area (Å²) in [5, 5.41) is 21.1. The Morgan fingerprint density at radius 3 is 2.76 bits per heavy atom. The van der Waals surface area contributed by atoms with Crippen LogP contribution in [0, 0.1) is 0 Å². The van der Waals surface area contributed by atoms with Gasteiger partial charge in [0.25, 0.3) is 0 Å². The summed E-state index contributed by atoms with van der Waals surface area (Å²) in [6.07, 6.45) is 0.600. The van der Waals surface area contributed by atoms with Crippen LogP contribution in [0.3, 0.4) is 0 Å². The predicted octanol–water partition coefficient (Wildman–Crippen LogP) is 0.0516. The SMILES string of the molecule is CC1(C)O[C@@H]2[C@H](O1)[C@@H](COS(N)(=O)=O)O[C@H]2n1nc(S[C@H]2CCC[C@@H]2O)c2c(N)ncnc21. The molecule has 0 unspecified atom stereocenters. The molecular formula is C18H26N6O7S2. The Hall–Kier alpha value is -1.59. The first-order valence-corrected chi connectivity index (χ1v) is 12.9. The first-order chi connectivity index (χ1) is 15.5. The second kappa shape index (κ2) is 8.27. The lowest BCUT2D eigenvalue weighted by molar-refractivity contribution is -0.200. The van der Waals surface area contributed by atoms with Crippen molar-refractivity contribution in [3.8, 4) is 0 Å². The van der Waals surface area contributed by atoms with E-state index in [-0.39, 0.29) is 17.7 Å². The quantitative estimate of drug-likeness (QED) is 0.482. The fraction of sp³-hybridized carbons (Fsp3) is 0.722. The highest BCUT2D eigenvalue weighted by atomic mass is 32.2. The predicted molar refractivity (Wildman–Crippen MR) is 116 cm³/mol. The minimum absolute atomic E-state index is 0.0192. The molecule has 13 nitrogen and oxygen atoms in total. The van der Waals surface area contributed by atoms with Gasteiger partial charge in [-0.3, -0.25) is 4.18 Å². The van der Waals surface area contributed by atoms with Crippen molar-refractivity contribution in [1.82, 2.24) is 19.7 Å². The van der Waals surface area contributed by atoms with Crippen LogP contribution in [0.2, 0.25) is 0 Å². The Morgan fingerprint density at radius 2 is 2.06 bits per heavy atom. The Balaban J connectivity index is 1.52. The molecule has 0 spiro atoms. The van der Waals surface area contributed by atoms with Crippen LogP contribution >= 0.6 is 11.8 Å². The summed E-state index contributed by atoms with van der Waals surface area (Å²) in [4.78, 5) is 8.47. The van der Waals surface area contributed by atoms with Gasteiger partial charge in [-0.05, 0) is 33.1 Å². The molecule has 33 heavy (non-hydrogen) atoms. The Labute approximate surface area is 194 Å². The lowest BCUT2D eigenvalue weighted by atomic mass is 10.1. The molecule has 182 valence electrons. The summed E-state index contributed by atoms with van der Waals surface area (Å²) in [7, 11) is -4.17. The van der Waals surface area contributed by atoms with E-state index in [0.29, 0.717) is 16.1 Å². The van der Waals surface area contributed by atoms with E-state index < -0.39 is 46.7 Å². The van der Waals surface area contributed by atoms with Crippen molar-refractivity contribution in [1.29, 1.82) is 0 Å². The zero-order chi connectivity index (χ0) is 23.5. The zero-order valence-corrected chi connectivity index (χ0v) is 19.7. The maximum atomic E-state index is 11.3. The van der Waals surface area contributed by atoms with Crippen LogP contribution in [0.25, 0.3) is 11.0 Å². The van der Waals surface area contributed by atoms with Crippen molar-refractivity contribution in [2.24, 2.45) is 5.14 Å². The number of fused-ring (bicyclic) bond motifs is 2. The highest BCUT2D eigenvalue weighted by Crippen LogP contribution is 2.45. The van der Waals surface area contributed by atoms with Crippen LogP contribution in [0.5, 0.6) is 0 Å². The monoisotopic (exact) mass is 502 g/mol. The number of hydrogen-bond acceptors (Lipinski definition) is 12. The number of nitrogens with zero attached hydrogens (tertiary/aromatic N) is 4. The molecule has 2 saturated heterocycles. The third-order valence-electron chi connectivity index (χ3n) is 5.93. The highest BCUT2D eigenvalue weighted by Gasteiger charge is 2.57. The second-order valence-corrected chi connectivity index (χ2v) is 11.2. The third kappa shape index (κ3) is 4.43. The number of aliphatic hydroxyl groups excluding tert-OH is 1. The average Bonchev–Trinajstić information content (AvgIpc) is 3.44. The number of hydrogen-bond donors (Lipinski definition) is 3. The summed E-state index contributed by atoms with van der Waals surface area (Å²) in [6, 6.07) is 0. The van der Waals surface area contributed by atoms with E-state index >= 15 is 0 Å². The Morgan fingerprint density at radius 1 is 1.30 bits per heavy atom. The number of ether oxygens (including phenoxy) is 3. The van der Waals surface area contributed by atoms with E-state index in [4.69, 9.17) is 34.4 Å². The van der Waals surface area contributed by atoms with E-state index in [9.17, 15) is 13.5 Å². The molecule has 5 rings (SSSR count). The van der Waals surface area contributed by atoms with Gasteiger partial charge in [0.05, 0.1) is 18.1 Å². The van der Waals surface area contributed by atoms with Crippen molar-refractivity contribution in [3.63, 3.8) is 0 Å². The smallest absolute Gasteiger partial charge is 0.333 e. The van der Waals surface area contributed by atoms with Crippen molar-refractivity contribution < 1.29 is 31.9 Å². The first-order valence-electron chi connectivity index (χ1n) is 10.5. The fourth-order valence-corrected chi connectivity index (χ4v) is 6.20. The number of rotatable bonds is 6. The molecule has 1 aliphatic carbocycles. The van der Waals surface area contributed by atoms with Gasteiger partial charge in [-0.2, -0.15) is 13.5 Å². The summed E-state index contributed by atoms with van der Waals surface area (Å²) < 4.78 is 47.1. The molecule has 0 amide bonds. The molecule has 4 heterocycles. The molecule has 1 saturated carbocycles. The van der Waals surface area contributed by atoms with Crippen LogP contribution in [-0.4, -0.2) is 75.3 Å². The largest absolute Gasteiger partial charge is 0.392 e. The standard InChI is InChI=1S/C18H26N6O7S2/c1-18(2)30-12-9(6-28-33(20,26)27)29-17(13(12)31-18)24-15-11(14(19)21-7-22-15)16(23-24)32-10-5-3-4-8(10)25/h7-10,12-13,17,25H,3-6H2,1-2H3,(H2,19,21,22)(H2,20,26,27)/t8-,9+,10-,12+,13+,17+/m0/s1. The third-order valence-corrected chi connectivity index (χ3v) is 7.76. The number of aliphatic hydroxyl groups is 1. The molecule has 5 N–H and O–H groups in total. The number of thioether (sulfide) groups is 1. The van der Waals surface area contributed by atoms with Gasteiger partial charge in [0.2, 0.25) is 0 Å². The molecule has 3 fully saturated rings. The summed E-state index contributed by atoms with van der Waals surface area (Å²) in [5.41, 5.74) is 6.61. The van der Waals surface area contributed by atoms with E-state index in [0.717, 1.165) is 19.3 Å².